The van der Waals surface area contributed by atoms with E-state index in [0.29, 0.717) is 41.1 Å². The molecule has 0 saturated heterocycles. The Hall–Kier alpha value is -4.52. The molecule has 0 fully saturated rings. The first-order chi connectivity index (χ1) is 18.7. The van der Waals surface area contributed by atoms with Gasteiger partial charge in [0.2, 0.25) is 6.79 Å². The summed E-state index contributed by atoms with van der Waals surface area (Å²) >= 11 is 0. The molecule has 3 aromatic rings. The highest BCUT2D eigenvalue weighted by atomic mass is 16.7. The lowest BCUT2D eigenvalue weighted by Gasteiger charge is -2.19. The number of carbonyl (C=O) groups excluding carboxylic acids is 4. The molecule has 3 amide bonds. The van der Waals surface area contributed by atoms with Gasteiger partial charge in [-0.3, -0.25) is 9.59 Å². The number of fused-ring (bicyclic) bond motifs is 1. The highest BCUT2D eigenvalue weighted by Gasteiger charge is 2.28. The van der Waals surface area contributed by atoms with Gasteiger partial charge in [-0.2, -0.15) is 5.10 Å². The third-order valence-electron chi connectivity index (χ3n) is 5.79. The SMILES string of the molecule is CCCNC(=O)c1ccc(C)c(Nc2ncnn3cc(C(=O)N(CCC)C(=O)OCOC(=O)CO)c(C)c23)c1. The van der Waals surface area contributed by atoms with E-state index in [4.69, 9.17) is 9.84 Å². The fourth-order valence-corrected chi connectivity index (χ4v) is 3.75. The third-order valence-corrected chi connectivity index (χ3v) is 5.79. The largest absolute Gasteiger partial charge is 0.426 e. The Morgan fingerprint density at radius 1 is 1.10 bits per heavy atom. The van der Waals surface area contributed by atoms with E-state index in [1.165, 1.54) is 17.0 Å². The van der Waals surface area contributed by atoms with Crippen molar-refractivity contribution in [3.8, 4) is 0 Å². The molecule has 13 heteroatoms. The maximum atomic E-state index is 13.4. The van der Waals surface area contributed by atoms with Crippen molar-refractivity contribution >= 4 is 40.9 Å². The second kappa shape index (κ2) is 13.3. The van der Waals surface area contributed by atoms with Gasteiger partial charge in [0.1, 0.15) is 18.5 Å². The smallest absolute Gasteiger partial charge is 0.419 e. The lowest BCUT2D eigenvalue weighted by Crippen LogP contribution is -2.38. The molecule has 0 aliphatic carbocycles. The lowest BCUT2D eigenvalue weighted by molar-refractivity contribution is -0.155. The monoisotopic (exact) mass is 540 g/mol. The van der Waals surface area contributed by atoms with E-state index in [2.05, 4.69) is 25.5 Å². The van der Waals surface area contributed by atoms with E-state index in [-0.39, 0.29) is 18.0 Å². The van der Waals surface area contributed by atoms with E-state index in [0.717, 1.165) is 16.9 Å². The Morgan fingerprint density at radius 3 is 2.56 bits per heavy atom. The van der Waals surface area contributed by atoms with Crippen LogP contribution in [-0.4, -0.2) is 75.0 Å². The van der Waals surface area contributed by atoms with Gasteiger partial charge in [-0.05, 0) is 49.9 Å². The summed E-state index contributed by atoms with van der Waals surface area (Å²) in [6, 6.07) is 5.30. The van der Waals surface area contributed by atoms with Gasteiger partial charge in [0.05, 0.1) is 5.56 Å². The maximum Gasteiger partial charge on any atom is 0.419 e. The lowest BCUT2D eigenvalue weighted by atomic mass is 10.1. The topological polar surface area (TPSA) is 164 Å². The molecule has 0 aliphatic heterocycles. The molecule has 0 spiro atoms. The van der Waals surface area contributed by atoms with Crippen LogP contribution in [0.15, 0.2) is 30.7 Å². The third kappa shape index (κ3) is 6.87. The van der Waals surface area contributed by atoms with Crippen molar-refractivity contribution in [2.75, 3.05) is 31.8 Å². The van der Waals surface area contributed by atoms with Crippen molar-refractivity contribution in [2.24, 2.45) is 0 Å². The van der Waals surface area contributed by atoms with Gasteiger partial charge in [-0.15, -0.1) is 0 Å². The number of nitrogens with one attached hydrogen (secondary N) is 2. The molecule has 0 atom stereocenters. The second-order valence-corrected chi connectivity index (χ2v) is 8.64. The predicted octanol–water partition coefficient (Wildman–Crippen LogP) is 2.71. The van der Waals surface area contributed by atoms with Crippen molar-refractivity contribution in [3.63, 3.8) is 0 Å². The second-order valence-electron chi connectivity index (χ2n) is 8.64. The molecule has 0 saturated carbocycles. The minimum absolute atomic E-state index is 0.0557. The summed E-state index contributed by atoms with van der Waals surface area (Å²) in [5, 5.41) is 19.0. The number of nitrogens with zero attached hydrogens (tertiary/aromatic N) is 4. The minimum atomic E-state index is -1.000. The number of hydrogen-bond acceptors (Lipinski definition) is 10. The first-order valence-corrected chi connectivity index (χ1v) is 12.5. The van der Waals surface area contributed by atoms with Crippen LogP contribution in [0.4, 0.5) is 16.3 Å². The highest BCUT2D eigenvalue weighted by Crippen LogP contribution is 2.28. The quantitative estimate of drug-likeness (QED) is 0.243. The number of anilines is 2. The molecule has 3 rings (SSSR count). The zero-order chi connectivity index (χ0) is 28.5. The van der Waals surface area contributed by atoms with E-state index in [1.807, 2.05) is 19.9 Å². The fraction of sp³-hybridized carbons (Fsp3) is 0.385. The summed E-state index contributed by atoms with van der Waals surface area (Å²) in [4.78, 5) is 54.8. The number of aliphatic hydroxyl groups excluding tert-OH is 1. The predicted molar refractivity (Wildman–Crippen MR) is 141 cm³/mol. The molecule has 2 aromatic heterocycles. The number of amides is 3. The Labute approximate surface area is 225 Å². The minimum Gasteiger partial charge on any atom is -0.426 e. The highest BCUT2D eigenvalue weighted by molar-refractivity contribution is 6.05. The molecule has 1 aromatic carbocycles. The van der Waals surface area contributed by atoms with Gasteiger partial charge in [-0.25, -0.2) is 24.0 Å². The zero-order valence-electron chi connectivity index (χ0n) is 22.3. The Morgan fingerprint density at radius 2 is 1.87 bits per heavy atom. The van der Waals surface area contributed by atoms with Crippen LogP contribution in [0.5, 0.6) is 0 Å². The van der Waals surface area contributed by atoms with Crippen LogP contribution in [0.25, 0.3) is 5.52 Å². The number of imide groups is 1. The molecule has 39 heavy (non-hydrogen) atoms. The van der Waals surface area contributed by atoms with E-state index in [1.54, 1.807) is 26.0 Å². The van der Waals surface area contributed by atoms with Crippen LogP contribution in [0.2, 0.25) is 0 Å². The van der Waals surface area contributed by atoms with Crippen LogP contribution in [0.1, 0.15) is 58.5 Å². The number of hydrogen-bond donors (Lipinski definition) is 3. The number of aryl methyl sites for hydroxylation is 2. The summed E-state index contributed by atoms with van der Waals surface area (Å²) in [6.07, 6.45) is 3.09. The summed E-state index contributed by atoms with van der Waals surface area (Å²) in [5.41, 5.74) is 3.23. The van der Waals surface area contributed by atoms with Gasteiger partial charge < -0.3 is 25.2 Å². The first-order valence-electron chi connectivity index (χ1n) is 12.5. The zero-order valence-corrected chi connectivity index (χ0v) is 22.3. The molecular formula is C26H32N6O7. The van der Waals surface area contributed by atoms with Gasteiger partial charge in [0.15, 0.2) is 5.82 Å². The number of benzene rings is 1. The van der Waals surface area contributed by atoms with Crippen LogP contribution >= 0.6 is 0 Å². The molecular weight excluding hydrogens is 508 g/mol. The first kappa shape index (κ1) is 29.0. The summed E-state index contributed by atoms with van der Waals surface area (Å²) in [5.74, 6) is -1.38. The average Bonchev–Trinajstić information content (AvgIpc) is 3.28. The normalized spacial score (nSPS) is 10.7. The molecule has 208 valence electrons. The fourth-order valence-electron chi connectivity index (χ4n) is 3.75. The maximum absolute atomic E-state index is 13.4. The number of carbonyl (C=O) groups is 4. The van der Waals surface area contributed by atoms with Crippen LogP contribution in [-0.2, 0) is 14.3 Å². The van der Waals surface area contributed by atoms with Crippen molar-refractivity contribution in [1.82, 2.24) is 24.8 Å². The van der Waals surface area contributed by atoms with Crippen molar-refractivity contribution < 1.29 is 33.8 Å². The van der Waals surface area contributed by atoms with Crippen LogP contribution in [0.3, 0.4) is 0 Å². The summed E-state index contributed by atoms with van der Waals surface area (Å²) in [7, 11) is 0. The number of rotatable bonds is 11. The molecule has 0 radical (unpaired) electrons. The Bertz CT molecular complexity index is 1370. The number of aromatic nitrogens is 3. The van der Waals surface area contributed by atoms with E-state index in [9.17, 15) is 19.2 Å². The molecule has 13 nitrogen and oxygen atoms in total. The summed E-state index contributed by atoms with van der Waals surface area (Å²) < 4.78 is 10.9. The number of esters is 1. The van der Waals surface area contributed by atoms with Gasteiger partial charge >= 0.3 is 12.1 Å². The van der Waals surface area contributed by atoms with Crippen molar-refractivity contribution in [3.05, 3.63) is 53.0 Å². The summed E-state index contributed by atoms with van der Waals surface area (Å²) in [6.45, 7) is 6.38. The molecule has 0 aliphatic rings. The number of ether oxygens (including phenoxy) is 2. The van der Waals surface area contributed by atoms with Crippen LogP contribution < -0.4 is 10.6 Å². The number of aliphatic hydroxyl groups is 1. The molecule has 0 unspecified atom stereocenters. The standard InChI is InChI=1S/C26H32N6O7/c1-5-9-27-24(35)18-8-7-16(3)20(11-18)30-23-22-17(4)19(12-32(22)29-14-28-23)25(36)31(10-6-2)26(37)39-15-38-21(34)13-33/h7-8,11-12,14,33H,5-6,9-10,13,15H2,1-4H3,(H,27,35)(H,28,29,30). The van der Waals surface area contributed by atoms with Gasteiger partial charge in [0.25, 0.3) is 11.8 Å². The van der Waals surface area contributed by atoms with Gasteiger partial charge in [-0.1, -0.05) is 19.9 Å². The molecule has 3 N–H and O–H groups in total. The van der Waals surface area contributed by atoms with Crippen molar-refractivity contribution in [2.45, 2.75) is 40.5 Å². The van der Waals surface area contributed by atoms with Crippen LogP contribution in [0, 0.1) is 13.8 Å². The van der Waals surface area contributed by atoms with Crippen molar-refractivity contribution in [1.29, 1.82) is 0 Å². The van der Waals surface area contributed by atoms with E-state index >= 15 is 0 Å². The Balaban J connectivity index is 1.90. The average molecular weight is 541 g/mol. The molecule has 0 bridgehead atoms. The van der Waals surface area contributed by atoms with E-state index < -0.39 is 31.4 Å². The van der Waals surface area contributed by atoms with Gasteiger partial charge in [0, 0.05) is 30.5 Å². The Kier molecular flexibility index (Phi) is 9.92. The molecule has 2 heterocycles.